The van der Waals surface area contributed by atoms with Crippen LogP contribution in [-0.4, -0.2) is 58.9 Å². The SMILES string of the molecule is C#C[C@H]1C[C@H](OC(=O)N2CCCC2)C[N+]1(C(=O)[O-])C(C)(C)C. The van der Waals surface area contributed by atoms with Gasteiger partial charge in [-0.15, -0.1) is 6.42 Å². The summed E-state index contributed by atoms with van der Waals surface area (Å²) in [7, 11) is 0. The molecule has 122 valence electrons. The van der Waals surface area contributed by atoms with Crippen LogP contribution in [0.4, 0.5) is 9.59 Å². The molecule has 2 amide bonds. The van der Waals surface area contributed by atoms with Crippen LogP contribution in [0.25, 0.3) is 0 Å². The molecular weight excluding hydrogens is 284 g/mol. The van der Waals surface area contributed by atoms with Crippen LogP contribution in [0.2, 0.25) is 0 Å². The van der Waals surface area contributed by atoms with Gasteiger partial charge in [0.2, 0.25) is 0 Å². The third-order valence-corrected chi connectivity index (χ3v) is 4.86. The Morgan fingerprint density at radius 1 is 1.32 bits per heavy atom. The van der Waals surface area contributed by atoms with Crippen molar-refractivity contribution in [2.75, 3.05) is 19.6 Å². The summed E-state index contributed by atoms with van der Waals surface area (Å²) < 4.78 is 5.14. The van der Waals surface area contributed by atoms with E-state index in [2.05, 4.69) is 5.92 Å². The van der Waals surface area contributed by atoms with Crippen LogP contribution in [-0.2, 0) is 4.74 Å². The molecule has 2 saturated heterocycles. The first-order chi connectivity index (χ1) is 10.2. The van der Waals surface area contributed by atoms with E-state index in [1.165, 1.54) is 0 Å². The first-order valence-corrected chi connectivity index (χ1v) is 7.73. The number of hydrogen-bond donors (Lipinski definition) is 0. The molecule has 2 rings (SSSR count). The minimum absolute atomic E-state index is 0.153. The van der Waals surface area contributed by atoms with E-state index in [1.54, 1.807) is 4.90 Å². The number of terminal acetylenes is 1. The number of rotatable bonds is 1. The van der Waals surface area contributed by atoms with Crippen LogP contribution >= 0.6 is 0 Å². The van der Waals surface area contributed by atoms with Crippen molar-refractivity contribution in [3.05, 3.63) is 0 Å². The van der Waals surface area contributed by atoms with E-state index >= 15 is 0 Å². The Balaban J connectivity index is 2.16. The third kappa shape index (κ3) is 2.66. The second-order valence-corrected chi connectivity index (χ2v) is 7.11. The Morgan fingerprint density at radius 2 is 1.91 bits per heavy atom. The summed E-state index contributed by atoms with van der Waals surface area (Å²) in [6.07, 6.45) is 5.78. The van der Waals surface area contributed by atoms with Gasteiger partial charge in [0.1, 0.15) is 6.54 Å². The van der Waals surface area contributed by atoms with Crippen LogP contribution in [0.15, 0.2) is 0 Å². The molecule has 2 aliphatic rings. The molecule has 0 radical (unpaired) electrons. The number of amides is 2. The molecule has 0 N–H and O–H groups in total. The van der Waals surface area contributed by atoms with Crippen molar-refractivity contribution in [3.8, 4) is 12.3 Å². The van der Waals surface area contributed by atoms with Crippen LogP contribution in [0, 0.1) is 12.3 Å². The molecule has 2 heterocycles. The number of likely N-dealkylation sites (tertiary alicyclic amines) is 2. The van der Waals surface area contributed by atoms with Gasteiger partial charge in [0.25, 0.3) is 6.09 Å². The molecule has 6 nitrogen and oxygen atoms in total. The fourth-order valence-electron chi connectivity index (χ4n) is 3.57. The van der Waals surface area contributed by atoms with Gasteiger partial charge in [-0.25, -0.2) is 4.79 Å². The fraction of sp³-hybridized carbons (Fsp3) is 0.750. The molecule has 0 saturated carbocycles. The molecule has 0 bridgehead atoms. The van der Waals surface area contributed by atoms with E-state index in [0.717, 1.165) is 12.8 Å². The van der Waals surface area contributed by atoms with Gasteiger partial charge in [-0.2, -0.15) is 0 Å². The second-order valence-electron chi connectivity index (χ2n) is 7.11. The molecule has 22 heavy (non-hydrogen) atoms. The Morgan fingerprint density at radius 3 is 2.32 bits per heavy atom. The second kappa shape index (κ2) is 5.81. The molecular formula is C16H24N2O4. The lowest BCUT2D eigenvalue weighted by Crippen LogP contribution is -2.69. The molecule has 2 fully saturated rings. The molecule has 3 atom stereocenters. The number of carbonyl (C=O) groups excluding carboxylic acids is 2. The van der Waals surface area contributed by atoms with Gasteiger partial charge in [-0.1, -0.05) is 0 Å². The van der Waals surface area contributed by atoms with Crippen molar-refractivity contribution in [3.63, 3.8) is 0 Å². The Hall–Kier alpha value is -1.74. The number of carbonyl (C=O) groups is 2. The fourth-order valence-corrected chi connectivity index (χ4v) is 3.57. The number of quaternary nitrogens is 1. The van der Waals surface area contributed by atoms with Crippen LogP contribution in [0.5, 0.6) is 0 Å². The van der Waals surface area contributed by atoms with E-state index in [9.17, 15) is 14.7 Å². The highest BCUT2D eigenvalue weighted by molar-refractivity contribution is 5.68. The maximum atomic E-state index is 12.1. The first-order valence-electron chi connectivity index (χ1n) is 7.73. The summed E-state index contributed by atoms with van der Waals surface area (Å²) >= 11 is 0. The first kappa shape index (κ1) is 16.6. The maximum Gasteiger partial charge on any atom is 0.410 e. The summed E-state index contributed by atoms with van der Waals surface area (Å²) in [5.41, 5.74) is -0.634. The Kier molecular flexibility index (Phi) is 4.39. The van der Waals surface area contributed by atoms with Gasteiger partial charge in [-0.3, -0.25) is 4.48 Å². The monoisotopic (exact) mass is 308 g/mol. The highest BCUT2D eigenvalue weighted by atomic mass is 16.6. The summed E-state index contributed by atoms with van der Waals surface area (Å²) in [5, 5.41) is 11.8. The Labute approximate surface area is 131 Å². The lowest BCUT2D eigenvalue weighted by Gasteiger charge is -2.47. The number of nitrogens with zero attached hydrogens (tertiary/aromatic N) is 2. The molecule has 1 unspecified atom stereocenters. The van der Waals surface area contributed by atoms with Crippen LogP contribution in [0.1, 0.15) is 40.0 Å². The predicted molar refractivity (Wildman–Crippen MR) is 78.6 cm³/mol. The quantitative estimate of drug-likeness (QED) is 0.534. The summed E-state index contributed by atoms with van der Waals surface area (Å²) in [6.45, 7) is 7.00. The molecule has 0 aromatic carbocycles. The van der Waals surface area contributed by atoms with Crippen molar-refractivity contribution in [2.45, 2.75) is 57.7 Å². The number of ether oxygens (including phenoxy) is 1. The zero-order chi connectivity index (χ0) is 16.5. The minimum atomic E-state index is -1.21. The van der Waals surface area contributed by atoms with Gasteiger partial charge in [0.05, 0.1) is 12.0 Å². The zero-order valence-corrected chi connectivity index (χ0v) is 13.5. The molecule has 2 aliphatic heterocycles. The molecule has 0 aromatic heterocycles. The summed E-state index contributed by atoms with van der Waals surface area (Å²) in [5.74, 6) is 2.56. The normalized spacial score (nSPS) is 31.8. The van der Waals surface area contributed by atoms with Gasteiger partial charge in [-0.05, 0) is 39.5 Å². The smallest absolute Gasteiger partial charge is 0.410 e. The van der Waals surface area contributed by atoms with E-state index in [0.29, 0.717) is 19.5 Å². The average molecular weight is 308 g/mol. The number of hydrogen-bond acceptors (Lipinski definition) is 4. The van der Waals surface area contributed by atoms with Crippen molar-refractivity contribution in [2.24, 2.45) is 0 Å². The highest BCUT2D eigenvalue weighted by Crippen LogP contribution is 2.37. The molecule has 6 heteroatoms. The van der Waals surface area contributed by atoms with Gasteiger partial charge < -0.3 is 19.5 Å². The van der Waals surface area contributed by atoms with Crippen LogP contribution < -0.4 is 5.11 Å². The zero-order valence-electron chi connectivity index (χ0n) is 13.5. The van der Waals surface area contributed by atoms with E-state index < -0.39 is 23.8 Å². The lowest BCUT2D eigenvalue weighted by molar-refractivity contribution is -0.924. The minimum Gasteiger partial charge on any atom is -0.498 e. The summed E-state index contributed by atoms with van der Waals surface area (Å²) in [6, 6.07) is -0.554. The van der Waals surface area contributed by atoms with E-state index in [-0.39, 0.29) is 17.1 Å². The average Bonchev–Trinajstić information content (AvgIpc) is 3.04. The largest absolute Gasteiger partial charge is 0.498 e. The highest BCUT2D eigenvalue weighted by Gasteiger charge is 2.56. The van der Waals surface area contributed by atoms with Crippen molar-refractivity contribution in [1.82, 2.24) is 4.90 Å². The predicted octanol–water partition coefficient (Wildman–Crippen LogP) is 0.951. The van der Waals surface area contributed by atoms with E-state index in [4.69, 9.17) is 11.2 Å². The third-order valence-electron chi connectivity index (χ3n) is 4.86. The van der Waals surface area contributed by atoms with E-state index in [1.807, 2.05) is 20.8 Å². The van der Waals surface area contributed by atoms with Gasteiger partial charge >= 0.3 is 6.09 Å². The van der Waals surface area contributed by atoms with Gasteiger partial charge in [0.15, 0.2) is 12.1 Å². The topological polar surface area (TPSA) is 69.7 Å². The number of carboxylic acid groups (broad SMARTS) is 1. The lowest BCUT2D eigenvalue weighted by atomic mass is 10.00. The molecule has 0 aromatic rings. The van der Waals surface area contributed by atoms with Crippen LogP contribution in [0.3, 0.4) is 0 Å². The maximum absolute atomic E-state index is 12.1. The standard InChI is InChI=1S/C16H24N2O4/c1-5-12-10-13(22-14(19)17-8-6-7-9-17)11-18(12,15(20)21)16(2,3)4/h1,12-13H,6-11H2,2-4H3/t12-,13-,18?/m0/s1. The van der Waals surface area contributed by atoms with Gasteiger partial charge in [0, 0.05) is 13.1 Å². The van der Waals surface area contributed by atoms with Crippen molar-refractivity contribution in [1.29, 1.82) is 0 Å². The van der Waals surface area contributed by atoms with Crippen molar-refractivity contribution < 1.29 is 23.9 Å². The summed E-state index contributed by atoms with van der Waals surface area (Å²) in [4.78, 5) is 25.6. The molecule has 0 aliphatic carbocycles. The van der Waals surface area contributed by atoms with Crippen molar-refractivity contribution >= 4 is 12.2 Å². The molecule has 0 spiro atoms. The Bertz CT molecular complexity index is 499.